The second-order valence-corrected chi connectivity index (χ2v) is 8.31. The summed E-state index contributed by atoms with van der Waals surface area (Å²) in [5.41, 5.74) is 0.843. The lowest BCUT2D eigenvalue weighted by molar-refractivity contribution is -0.137. The Morgan fingerprint density at radius 2 is 1.76 bits per heavy atom. The zero-order valence-electron chi connectivity index (χ0n) is 12.1. The molecule has 0 bridgehead atoms. The lowest BCUT2D eigenvalue weighted by Crippen LogP contribution is -2.40. The van der Waals surface area contributed by atoms with Crippen molar-refractivity contribution in [3.63, 3.8) is 0 Å². The number of amides is 1. The molecular weight excluding hydrogens is 286 g/mol. The molecular formula is C16H21NO3S. The van der Waals surface area contributed by atoms with Gasteiger partial charge in [-0.15, -0.1) is 0 Å². The molecule has 1 aliphatic carbocycles. The van der Waals surface area contributed by atoms with Crippen LogP contribution in [0, 0.1) is 5.92 Å². The molecule has 1 aromatic rings. The SMILES string of the molecule is O=C(C1CCC1)N1CCC(c2ccccc2)S(=O)(=O)CC1. The standard InChI is InChI=1S/C16H21NO3S/c18-16(14-7-4-8-14)17-10-9-15(21(19,20)12-11-17)13-5-2-1-3-6-13/h1-3,5-6,14-15H,4,7-12H2. The van der Waals surface area contributed by atoms with Crippen LogP contribution >= 0.6 is 0 Å². The average molecular weight is 307 g/mol. The van der Waals surface area contributed by atoms with Crippen LogP contribution in [0.2, 0.25) is 0 Å². The molecule has 1 saturated carbocycles. The number of benzene rings is 1. The molecule has 1 unspecified atom stereocenters. The van der Waals surface area contributed by atoms with Gasteiger partial charge in [-0.05, 0) is 24.8 Å². The molecule has 4 nitrogen and oxygen atoms in total. The Kier molecular flexibility index (Phi) is 4.02. The number of nitrogens with zero attached hydrogens (tertiary/aromatic N) is 1. The molecule has 2 aliphatic rings. The maximum atomic E-state index is 12.5. The van der Waals surface area contributed by atoms with Crippen molar-refractivity contribution in [3.05, 3.63) is 35.9 Å². The number of hydrogen-bond donors (Lipinski definition) is 0. The minimum absolute atomic E-state index is 0.0744. The van der Waals surface area contributed by atoms with Crippen molar-refractivity contribution >= 4 is 15.7 Å². The van der Waals surface area contributed by atoms with E-state index in [1.807, 2.05) is 30.3 Å². The van der Waals surface area contributed by atoms with E-state index in [0.29, 0.717) is 19.5 Å². The first-order chi connectivity index (χ1) is 10.1. The van der Waals surface area contributed by atoms with Crippen molar-refractivity contribution in [2.45, 2.75) is 30.9 Å². The number of carbonyl (C=O) groups excluding carboxylic acids is 1. The highest BCUT2D eigenvalue weighted by atomic mass is 32.2. The summed E-state index contributed by atoms with van der Waals surface area (Å²) >= 11 is 0. The summed E-state index contributed by atoms with van der Waals surface area (Å²) in [4.78, 5) is 14.1. The summed E-state index contributed by atoms with van der Waals surface area (Å²) in [6.07, 6.45) is 3.55. The van der Waals surface area contributed by atoms with Gasteiger partial charge < -0.3 is 4.90 Å². The molecule has 1 amide bonds. The molecule has 0 radical (unpaired) electrons. The summed E-state index contributed by atoms with van der Waals surface area (Å²) in [7, 11) is -3.19. The number of hydrogen-bond acceptors (Lipinski definition) is 3. The van der Waals surface area contributed by atoms with Gasteiger partial charge in [0.15, 0.2) is 9.84 Å². The molecule has 0 spiro atoms. The highest BCUT2D eigenvalue weighted by Gasteiger charge is 2.35. The fraction of sp³-hybridized carbons (Fsp3) is 0.562. The van der Waals surface area contributed by atoms with E-state index in [-0.39, 0.29) is 17.6 Å². The van der Waals surface area contributed by atoms with Gasteiger partial charge in [0.25, 0.3) is 0 Å². The van der Waals surface area contributed by atoms with Crippen molar-refractivity contribution in [1.29, 1.82) is 0 Å². The molecule has 1 aliphatic heterocycles. The predicted molar refractivity (Wildman–Crippen MR) is 81.5 cm³/mol. The Balaban J connectivity index is 1.77. The lowest BCUT2D eigenvalue weighted by Gasteiger charge is -2.30. The smallest absolute Gasteiger partial charge is 0.225 e. The fourth-order valence-electron chi connectivity index (χ4n) is 3.12. The van der Waals surface area contributed by atoms with E-state index >= 15 is 0 Å². The monoisotopic (exact) mass is 307 g/mol. The maximum Gasteiger partial charge on any atom is 0.225 e. The van der Waals surface area contributed by atoms with E-state index in [0.717, 1.165) is 24.8 Å². The molecule has 0 aromatic heterocycles. The first-order valence-electron chi connectivity index (χ1n) is 7.63. The van der Waals surface area contributed by atoms with Gasteiger partial charge in [-0.1, -0.05) is 36.8 Å². The van der Waals surface area contributed by atoms with Crippen LogP contribution in [0.25, 0.3) is 0 Å². The average Bonchev–Trinajstić information content (AvgIpc) is 2.56. The quantitative estimate of drug-likeness (QED) is 0.841. The molecule has 21 heavy (non-hydrogen) atoms. The van der Waals surface area contributed by atoms with Gasteiger partial charge in [0.1, 0.15) is 0 Å². The van der Waals surface area contributed by atoms with Crippen LogP contribution in [-0.2, 0) is 14.6 Å². The minimum atomic E-state index is -3.19. The van der Waals surface area contributed by atoms with E-state index in [4.69, 9.17) is 0 Å². The Bertz CT molecular complexity index is 608. The topological polar surface area (TPSA) is 54.5 Å². The maximum absolute atomic E-state index is 12.5. The van der Waals surface area contributed by atoms with Gasteiger partial charge in [0.2, 0.25) is 5.91 Å². The second kappa shape index (κ2) is 5.79. The molecule has 1 atom stereocenters. The van der Waals surface area contributed by atoms with Crippen molar-refractivity contribution in [1.82, 2.24) is 4.90 Å². The summed E-state index contributed by atoms with van der Waals surface area (Å²) in [5.74, 6) is 0.372. The first-order valence-corrected chi connectivity index (χ1v) is 9.35. The Hall–Kier alpha value is -1.36. The van der Waals surface area contributed by atoms with Crippen LogP contribution in [0.15, 0.2) is 30.3 Å². The van der Waals surface area contributed by atoms with Crippen molar-refractivity contribution in [2.24, 2.45) is 5.92 Å². The van der Waals surface area contributed by atoms with Crippen molar-refractivity contribution < 1.29 is 13.2 Å². The highest BCUT2D eigenvalue weighted by Crippen LogP contribution is 2.32. The van der Waals surface area contributed by atoms with Crippen LogP contribution in [0.1, 0.15) is 36.5 Å². The van der Waals surface area contributed by atoms with Crippen LogP contribution < -0.4 is 0 Å². The molecule has 1 saturated heterocycles. The Morgan fingerprint density at radius 3 is 2.38 bits per heavy atom. The lowest BCUT2D eigenvalue weighted by atomic mass is 9.84. The van der Waals surface area contributed by atoms with Gasteiger partial charge in [0, 0.05) is 19.0 Å². The van der Waals surface area contributed by atoms with Crippen LogP contribution in [0.5, 0.6) is 0 Å². The van der Waals surface area contributed by atoms with Gasteiger partial charge >= 0.3 is 0 Å². The number of rotatable bonds is 2. The van der Waals surface area contributed by atoms with E-state index in [2.05, 4.69) is 0 Å². The van der Waals surface area contributed by atoms with E-state index < -0.39 is 15.1 Å². The van der Waals surface area contributed by atoms with Gasteiger partial charge in [-0.2, -0.15) is 0 Å². The van der Waals surface area contributed by atoms with E-state index in [1.165, 1.54) is 0 Å². The summed E-state index contributed by atoms with van der Waals surface area (Å²) in [6.45, 7) is 0.898. The molecule has 1 heterocycles. The molecule has 0 N–H and O–H groups in total. The van der Waals surface area contributed by atoms with E-state index in [9.17, 15) is 13.2 Å². The van der Waals surface area contributed by atoms with Crippen LogP contribution in [-0.4, -0.2) is 38.1 Å². The van der Waals surface area contributed by atoms with E-state index in [1.54, 1.807) is 4.90 Å². The van der Waals surface area contributed by atoms with Crippen LogP contribution in [0.3, 0.4) is 0 Å². The van der Waals surface area contributed by atoms with Crippen molar-refractivity contribution in [2.75, 3.05) is 18.8 Å². The Morgan fingerprint density at radius 1 is 1.05 bits per heavy atom. The summed E-state index contributed by atoms with van der Waals surface area (Å²) < 4.78 is 25.0. The zero-order valence-corrected chi connectivity index (χ0v) is 12.9. The van der Waals surface area contributed by atoms with Gasteiger partial charge in [-0.25, -0.2) is 8.42 Å². The molecule has 114 valence electrons. The normalized spacial score (nSPS) is 25.9. The van der Waals surface area contributed by atoms with Crippen molar-refractivity contribution in [3.8, 4) is 0 Å². The third-order valence-electron chi connectivity index (χ3n) is 4.68. The third kappa shape index (κ3) is 2.98. The predicted octanol–water partition coefficient (Wildman–Crippen LogP) is 2.17. The van der Waals surface area contributed by atoms with Gasteiger partial charge in [0.05, 0.1) is 11.0 Å². The summed E-state index contributed by atoms with van der Waals surface area (Å²) in [5, 5.41) is -0.474. The molecule has 1 aromatic carbocycles. The molecule has 3 rings (SSSR count). The first kappa shape index (κ1) is 14.6. The fourth-order valence-corrected chi connectivity index (χ4v) is 4.92. The largest absolute Gasteiger partial charge is 0.341 e. The number of carbonyl (C=O) groups is 1. The van der Waals surface area contributed by atoms with Crippen LogP contribution in [0.4, 0.5) is 0 Å². The minimum Gasteiger partial charge on any atom is -0.341 e. The highest BCUT2D eigenvalue weighted by molar-refractivity contribution is 7.91. The number of sulfone groups is 1. The molecule has 2 fully saturated rings. The zero-order chi connectivity index (χ0) is 14.9. The Labute approximate surface area is 126 Å². The third-order valence-corrected chi connectivity index (χ3v) is 6.80. The summed E-state index contributed by atoms with van der Waals surface area (Å²) in [6, 6.07) is 9.36. The second-order valence-electron chi connectivity index (χ2n) is 6.01. The molecule has 5 heteroatoms. The van der Waals surface area contributed by atoms with Gasteiger partial charge in [-0.3, -0.25) is 4.79 Å².